The first-order valence-corrected chi connectivity index (χ1v) is 6.83. The Morgan fingerprint density at radius 3 is 2.50 bits per heavy atom. The molecule has 0 spiro atoms. The number of benzene rings is 1. The third kappa shape index (κ3) is 6.62. The summed E-state index contributed by atoms with van der Waals surface area (Å²) in [5.41, 5.74) is 1.25. The average molecular weight is 252 g/mol. The normalized spacial score (nSPS) is 12.4. The van der Waals surface area contributed by atoms with Gasteiger partial charge in [0.05, 0.1) is 25.8 Å². The Morgan fingerprint density at radius 2 is 1.83 bits per heavy atom. The van der Waals surface area contributed by atoms with E-state index in [4.69, 9.17) is 9.47 Å². The Morgan fingerprint density at radius 1 is 1.11 bits per heavy atom. The van der Waals surface area contributed by atoms with E-state index in [1.807, 2.05) is 12.1 Å². The van der Waals surface area contributed by atoms with Gasteiger partial charge in [-0.15, -0.1) is 0 Å². The molecule has 0 fully saturated rings. The molecule has 0 saturated heterocycles. The van der Waals surface area contributed by atoms with Crippen LogP contribution >= 0.6 is 0 Å². The van der Waals surface area contributed by atoms with E-state index in [2.05, 4.69) is 38.2 Å². The van der Waals surface area contributed by atoms with Crippen molar-refractivity contribution < 1.29 is 14.8 Å². The van der Waals surface area contributed by atoms with Gasteiger partial charge in [0.15, 0.2) is 0 Å². The molecule has 3 nitrogen and oxygen atoms in total. The lowest BCUT2D eigenvalue weighted by atomic mass is 10.2. The molecule has 1 aromatic rings. The minimum absolute atomic E-state index is 0.617. The highest BCUT2D eigenvalue weighted by atomic mass is 16.5. The molecule has 0 bridgehead atoms. The zero-order valence-corrected chi connectivity index (χ0v) is 11.8. The summed E-state index contributed by atoms with van der Waals surface area (Å²) >= 11 is 0. The van der Waals surface area contributed by atoms with Crippen molar-refractivity contribution in [2.75, 3.05) is 26.4 Å². The van der Waals surface area contributed by atoms with Crippen LogP contribution in [0.2, 0.25) is 0 Å². The summed E-state index contributed by atoms with van der Waals surface area (Å²) in [6.45, 7) is 9.61. The molecule has 0 aliphatic heterocycles. The van der Waals surface area contributed by atoms with Gasteiger partial charge < -0.3 is 14.8 Å². The van der Waals surface area contributed by atoms with E-state index in [1.54, 1.807) is 0 Å². The third-order valence-electron chi connectivity index (χ3n) is 2.99. The van der Waals surface area contributed by atoms with Gasteiger partial charge in [0.2, 0.25) is 0 Å². The lowest BCUT2D eigenvalue weighted by molar-refractivity contribution is -0.687. The standard InChI is InChI=1S/C15H25NO2/c1-4-14(3)16-9-10-17-11-12-18-15-7-5-13(2)6-8-15/h5-8,14,16H,4,9-12H2,1-3H3/p+1/t14-/m1/s1. The maximum Gasteiger partial charge on any atom is 0.119 e. The van der Waals surface area contributed by atoms with Crippen molar-refractivity contribution >= 4 is 0 Å². The molecule has 1 atom stereocenters. The Labute approximate surface area is 110 Å². The van der Waals surface area contributed by atoms with Crippen molar-refractivity contribution in [1.82, 2.24) is 0 Å². The summed E-state index contributed by atoms with van der Waals surface area (Å²) in [5.74, 6) is 0.912. The van der Waals surface area contributed by atoms with Crippen LogP contribution in [0.25, 0.3) is 0 Å². The predicted molar refractivity (Wildman–Crippen MR) is 74.0 cm³/mol. The summed E-state index contributed by atoms with van der Waals surface area (Å²) in [4.78, 5) is 0. The molecule has 0 aliphatic carbocycles. The van der Waals surface area contributed by atoms with E-state index < -0.39 is 0 Å². The largest absolute Gasteiger partial charge is 0.491 e. The van der Waals surface area contributed by atoms with E-state index in [9.17, 15) is 0 Å². The van der Waals surface area contributed by atoms with E-state index in [0.717, 1.165) is 18.9 Å². The molecular weight excluding hydrogens is 226 g/mol. The molecule has 0 unspecified atom stereocenters. The minimum Gasteiger partial charge on any atom is -0.491 e. The van der Waals surface area contributed by atoms with Crippen molar-refractivity contribution in [3.05, 3.63) is 29.8 Å². The van der Waals surface area contributed by atoms with Crippen LogP contribution in [0.1, 0.15) is 25.8 Å². The number of ether oxygens (including phenoxy) is 2. The topological polar surface area (TPSA) is 35.1 Å². The second kappa shape index (κ2) is 8.95. The van der Waals surface area contributed by atoms with Crippen LogP contribution in [-0.2, 0) is 4.74 Å². The van der Waals surface area contributed by atoms with Gasteiger partial charge in [-0.25, -0.2) is 0 Å². The Kier molecular flexibility index (Phi) is 7.46. The number of quaternary nitrogens is 1. The SMILES string of the molecule is CC[C@@H](C)[NH2+]CCOCCOc1ccc(C)cc1. The van der Waals surface area contributed by atoms with E-state index >= 15 is 0 Å². The first kappa shape index (κ1) is 15.0. The van der Waals surface area contributed by atoms with E-state index in [0.29, 0.717) is 19.3 Å². The molecule has 18 heavy (non-hydrogen) atoms. The van der Waals surface area contributed by atoms with Gasteiger partial charge in [-0.3, -0.25) is 0 Å². The minimum atomic E-state index is 0.617. The maximum absolute atomic E-state index is 5.57. The van der Waals surface area contributed by atoms with Gasteiger partial charge >= 0.3 is 0 Å². The van der Waals surface area contributed by atoms with Crippen molar-refractivity contribution in [3.63, 3.8) is 0 Å². The van der Waals surface area contributed by atoms with Crippen LogP contribution in [0, 0.1) is 6.92 Å². The molecule has 0 aromatic heterocycles. The maximum atomic E-state index is 5.57. The molecule has 0 heterocycles. The fourth-order valence-electron chi connectivity index (χ4n) is 1.56. The Balaban J connectivity index is 1.97. The van der Waals surface area contributed by atoms with Crippen LogP contribution < -0.4 is 10.1 Å². The zero-order valence-electron chi connectivity index (χ0n) is 11.8. The van der Waals surface area contributed by atoms with Crippen LogP contribution in [0.5, 0.6) is 5.75 Å². The highest BCUT2D eigenvalue weighted by molar-refractivity contribution is 5.26. The number of rotatable bonds is 9. The zero-order chi connectivity index (χ0) is 13.2. The summed E-state index contributed by atoms with van der Waals surface area (Å²) in [6, 6.07) is 8.78. The van der Waals surface area contributed by atoms with Gasteiger partial charge in [0.1, 0.15) is 12.4 Å². The second-order valence-corrected chi connectivity index (χ2v) is 4.68. The summed E-state index contributed by atoms with van der Waals surface area (Å²) in [5, 5.41) is 2.32. The van der Waals surface area contributed by atoms with E-state index in [1.165, 1.54) is 12.0 Å². The number of hydrogen-bond donors (Lipinski definition) is 1. The summed E-state index contributed by atoms with van der Waals surface area (Å²) in [7, 11) is 0. The number of nitrogens with two attached hydrogens (primary N) is 1. The Hall–Kier alpha value is -1.06. The monoisotopic (exact) mass is 252 g/mol. The molecular formula is C15H26NO2+. The molecule has 3 heteroatoms. The predicted octanol–water partition coefficient (Wildman–Crippen LogP) is 1.75. The average Bonchev–Trinajstić information content (AvgIpc) is 2.39. The smallest absolute Gasteiger partial charge is 0.119 e. The van der Waals surface area contributed by atoms with Crippen LogP contribution in [0.3, 0.4) is 0 Å². The van der Waals surface area contributed by atoms with Crippen molar-refractivity contribution in [2.24, 2.45) is 0 Å². The van der Waals surface area contributed by atoms with Crippen LogP contribution in [0.15, 0.2) is 24.3 Å². The van der Waals surface area contributed by atoms with Crippen LogP contribution in [-0.4, -0.2) is 32.4 Å². The van der Waals surface area contributed by atoms with Gasteiger partial charge in [0, 0.05) is 0 Å². The fraction of sp³-hybridized carbons (Fsp3) is 0.600. The summed E-state index contributed by atoms with van der Waals surface area (Å²) < 4.78 is 11.1. The quantitative estimate of drug-likeness (QED) is 0.680. The van der Waals surface area contributed by atoms with Gasteiger partial charge in [0.25, 0.3) is 0 Å². The van der Waals surface area contributed by atoms with Gasteiger partial charge in [-0.05, 0) is 32.4 Å². The summed E-state index contributed by atoms with van der Waals surface area (Å²) in [6.07, 6.45) is 1.20. The number of aryl methyl sites for hydroxylation is 1. The molecule has 102 valence electrons. The van der Waals surface area contributed by atoms with Crippen LogP contribution in [0.4, 0.5) is 0 Å². The van der Waals surface area contributed by atoms with Crippen molar-refractivity contribution in [2.45, 2.75) is 33.2 Å². The van der Waals surface area contributed by atoms with Crippen molar-refractivity contribution in [1.29, 1.82) is 0 Å². The van der Waals surface area contributed by atoms with E-state index in [-0.39, 0.29) is 0 Å². The third-order valence-corrected chi connectivity index (χ3v) is 2.99. The molecule has 0 aliphatic rings. The molecule has 0 radical (unpaired) electrons. The lowest BCUT2D eigenvalue weighted by Gasteiger charge is -2.09. The van der Waals surface area contributed by atoms with Gasteiger partial charge in [-0.1, -0.05) is 24.6 Å². The molecule has 2 N–H and O–H groups in total. The lowest BCUT2D eigenvalue weighted by Crippen LogP contribution is -2.90. The van der Waals surface area contributed by atoms with Gasteiger partial charge in [-0.2, -0.15) is 0 Å². The molecule has 0 saturated carbocycles. The van der Waals surface area contributed by atoms with Crippen molar-refractivity contribution in [3.8, 4) is 5.75 Å². The Bertz CT molecular complexity index is 311. The molecule has 1 rings (SSSR count). The molecule has 1 aromatic carbocycles. The highest BCUT2D eigenvalue weighted by Crippen LogP contribution is 2.10. The number of hydrogen-bond acceptors (Lipinski definition) is 2. The second-order valence-electron chi connectivity index (χ2n) is 4.68. The first-order chi connectivity index (χ1) is 8.72. The highest BCUT2D eigenvalue weighted by Gasteiger charge is 1.99. The first-order valence-electron chi connectivity index (χ1n) is 6.83. The molecule has 0 amide bonds. The fourth-order valence-corrected chi connectivity index (χ4v) is 1.56.